The number of carbonyl (C=O) groups excluding carboxylic acids is 1. The molecule has 1 fully saturated rings. The van der Waals surface area contributed by atoms with Gasteiger partial charge in [-0.25, -0.2) is 12.7 Å². The lowest BCUT2D eigenvalue weighted by molar-refractivity contribution is -0.139. The molecule has 0 aromatic carbocycles. The van der Waals surface area contributed by atoms with E-state index < -0.39 is 21.2 Å². The molecule has 112 valence electrons. The number of methoxy groups -OCH3 is 1. The molecule has 0 radical (unpaired) electrons. The lowest BCUT2D eigenvalue weighted by atomic mass is 9.98. The first-order valence-electron chi connectivity index (χ1n) is 6.71. The van der Waals surface area contributed by atoms with Crippen molar-refractivity contribution in [1.29, 1.82) is 0 Å². The molecule has 1 unspecified atom stereocenters. The predicted molar refractivity (Wildman–Crippen MR) is 73.2 cm³/mol. The first-order chi connectivity index (χ1) is 8.93. The maximum Gasteiger partial charge on any atom is 0.325 e. The SMILES string of the molecule is CCNCC1CCN(S(=O)(=O)C(C)C(=O)OC)CC1. The third-order valence-electron chi connectivity index (χ3n) is 3.60. The summed E-state index contributed by atoms with van der Waals surface area (Å²) in [6.45, 7) is 6.26. The van der Waals surface area contributed by atoms with Crippen molar-refractivity contribution in [2.24, 2.45) is 5.92 Å². The van der Waals surface area contributed by atoms with Crippen LogP contribution in [-0.4, -0.2) is 57.2 Å². The van der Waals surface area contributed by atoms with Gasteiger partial charge in [-0.3, -0.25) is 4.79 Å². The van der Waals surface area contributed by atoms with Gasteiger partial charge in [0.1, 0.15) is 0 Å². The fourth-order valence-corrected chi connectivity index (χ4v) is 3.73. The Bertz CT molecular complexity index is 389. The molecule has 1 saturated heterocycles. The molecular weight excluding hydrogens is 268 g/mol. The monoisotopic (exact) mass is 292 g/mol. The Morgan fingerprint density at radius 1 is 1.42 bits per heavy atom. The van der Waals surface area contributed by atoms with E-state index in [1.165, 1.54) is 18.3 Å². The second kappa shape index (κ2) is 7.21. The minimum atomic E-state index is -3.58. The van der Waals surface area contributed by atoms with Crippen molar-refractivity contribution in [2.75, 3.05) is 33.3 Å². The Hall–Kier alpha value is -0.660. The number of nitrogens with one attached hydrogen (secondary N) is 1. The fraction of sp³-hybridized carbons (Fsp3) is 0.917. The standard InChI is InChI=1S/C12H24N2O4S/c1-4-13-9-11-5-7-14(8-6-11)19(16,17)10(2)12(15)18-3/h10-11,13H,4-9H2,1-3H3. The number of ether oxygens (including phenoxy) is 1. The number of rotatable bonds is 6. The van der Waals surface area contributed by atoms with Gasteiger partial charge in [0, 0.05) is 13.1 Å². The van der Waals surface area contributed by atoms with E-state index in [-0.39, 0.29) is 0 Å². The van der Waals surface area contributed by atoms with E-state index in [9.17, 15) is 13.2 Å². The molecule has 0 bridgehead atoms. The zero-order valence-corrected chi connectivity index (χ0v) is 12.7. The van der Waals surface area contributed by atoms with Crippen LogP contribution in [0.15, 0.2) is 0 Å². The van der Waals surface area contributed by atoms with E-state index in [4.69, 9.17) is 0 Å². The van der Waals surface area contributed by atoms with Crippen LogP contribution in [0.3, 0.4) is 0 Å². The van der Waals surface area contributed by atoms with Gasteiger partial charge in [-0.1, -0.05) is 6.92 Å². The normalized spacial score (nSPS) is 20.2. The summed E-state index contributed by atoms with van der Waals surface area (Å²) in [6, 6.07) is 0. The van der Waals surface area contributed by atoms with Crippen molar-refractivity contribution in [3.05, 3.63) is 0 Å². The van der Waals surface area contributed by atoms with Crippen molar-refractivity contribution < 1.29 is 17.9 Å². The van der Waals surface area contributed by atoms with E-state index in [1.807, 2.05) is 0 Å². The number of hydrogen-bond acceptors (Lipinski definition) is 5. The van der Waals surface area contributed by atoms with E-state index in [0.29, 0.717) is 19.0 Å². The van der Waals surface area contributed by atoms with Crippen molar-refractivity contribution in [1.82, 2.24) is 9.62 Å². The van der Waals surface area contributed by atoms with Gasteiger partial charge in [-0.05, 0) is 38.8 Å². The van der Waals surface area contributed by atoms with Crippen LogP contribution in [0.2, 0.25) is 0 Å². The molecular formula is C12H24N2O4S. The summed E-state index contributed by atoms with van der Waals surface area (Å²) in [6.07, 6.45) is 1.67. The number of carbonyl (C=O) groups is 1. The summed E-state index contributed by atoms with van der Waals surface area (Å²) < 4.78 is 30.4. The third-order valence-corrected chi connectivity index (χ3v) is 5.77. The Kier molecular flexibility index (Phi) is 6.22. The second-order valence-electron chi connectivity index (χ2n) is 4.86. The lowest BCUT2D eigenvalue weighted by Crippen LogP contribution is -2.46. The highest BCUT2D eigenvalue weighted by Crippen LogP contribution is 2.21. The van der Waals surface area contributed by atoms with Crippen LogP contribution in [0.1, 0.15) is 26.7 Å². The Balaban J connectivity index is 2.56. The minimum Gasteiger partial charge on any atom is -0.468 e. The number of nitrogens with zero attached hydrogens (tertiary/aromatic N) is 1. The van der Waals surface area contributed by atoms with Gasteiger partial charge in [0.05, 0.1) is 7.11 Å². The van der Waals surface area contributed by atoms with E-state index in [0.717, 1.165) is 25.9 Å². The largest absolute Gasteiger partial charge is 0.468 e. The van der Waals surface area contributed by atoms with Gasteiger partial charge < -0.3 is 10.1 Å². The summed E-state index contributed by atoms with van der Waals surface area (Å²) in [5.74, 6) is -0.186. The lowest BCUT2D eigenvalue weighted by Gasteiger charge is -2.32. The first-order valence-corrected chi connectivity index (χ1v) is 8.21. The van der Waals surface area contributed by atoms with Crippen LogP contribution < -0.4 is 5.32 Å². The van der Waals surface area contributed by atoms with Crippen molar-refractivity contribution in [3.8, 4) is 0 Å². The third kappa shape index (κ3) is 4.15. The van der Waals surface area contributed by atoms with Gasteiger partial charge in [0.2, 0.25) is 10.0 Å². The van der Waals surface area contributed by atoms with Crippen molar-refractivity contribution in [2.45, 2.75) is 31.9 Å². The number of esters is 1. The van der Waals surface area contributed by atoms with Crippen LogP contribution in [0.5, 0.6) is 0 Å². The Labute approximate surface area is 115 Å². The van der Waals surface area contributed by atoms with Gasteiger partial charge >= 0.3 is 5.97 Å². The molecule has 0 aromatic rings. The molecule has 0 saturated carbocycles. The topological polar surface area (TPSA) is 75.7 Å². The molecule has 1 N–H and O–H groups in total. The van der Waals surface area contributed by atoms with Crippen LogP contribution in [0, 0.1) is 5.92 Å². The van der Waals surface area contributed by atoms with Gasteiger partial charge in [-0.2, -0.15) is 0 Å². The molecule has 1 rings (SSSR count). The zero-order valence-electron chi connectivity index (χ0n) is 11.9. The zero-order chi connectivity index (χ0) is 14.5. The average Bonchev–Trinajstić information content (AvgIpc) is 2.43. The Morgan fingerprint density at radius 2 is 2.00 bits per heavy atom. The van der Waals surface area contributed by atoms with E-state index in [2.05, 4.69) is 17.0 Å². The van der Waals surface area contributed by atoms with Gasteiger partial charge in [-0.15, -0.1) is 0 Å². The van der Waals surface area contributed by atoms with Crippen LogP contribution in [-0.2, 0) is 19.6 Å². The molecule has 19 heavy (non-hydrogen) atoms. The number of hydrogen-bond donors (Lipinski definition) is 1. The molecule has 0 aromatic heterocycles. The van der Waals surface area contributed by atoms with Crippen LogP contribution in [0.4, 0.5) is 0 Å². The van der Waals surface area contributed by atoms with E-state index >= 15 is 0 Å². The average molecular weight is 292 g/mol. The molecule has 1 aliphatic rings. The summed E-state index contributed by atoms with van der Waals surface area (Å²) in [4.78, 5) is 11.4. The molecule has 1 atom stereocenters. The first kappa shape index (κ1) is 16.4. The minimum absolute atomic E-state index is 0.486. The van der Waals surface area contributed by atoms with Crippen molar-refractivity contribution >= 4 is 16.0 Å². The molecule has 1 heterocycles. The molecule has 1 aliphatic heterocycles. The predicted octanol–water partition coefficient (Wildman–Crippen LogP) is 0.199. The summed E-state index contributed by atoms with van der Waals surface area (Å²) in [5.41, 5.74) is 0. The van der Waals surface area contributed by atoms with E-state index in [1.54, 1.807) is 0 Å². The molecule has 7 heteroatoms. The quantitative estimate of drug-likeness (QED) is 0.708. The smallest absolute Gasteiger partial charge is 0.325 e. The van der Waals surface area contributed by atoms with Crippen LogP contribution >= 0.6 is 0 Å². The highest BCUT2D eigenvalue weighted by atomic mass is 32.2. The van der Waals surface area contributed by atoms with Gasteiger partial charge in [0.25, 0.3) is 0 Å². The molecule has 6 nitrogen and oxygen atoms in total. The summed E-state index contributed by atoms with van der Waals surface area (Å²) >= 11 is 0. The van der Waals surface area contributed by atoms with Crippen molar-refractivity contribution in [3.63, 3.8) is 0 Å². The highest BCUT2D eigenvalue weighted by molar-refractivity contribution is 7.90. The summed E-state index contributed by atoms with van der Waals surface area (Å²) in [5, 5.41) is 2.16. The summed E-state index contributed by atoms with van der Waals surface area (Å²) in [7, 11) is -2.37. The number of piperidine rings is 1. The fourth-order valence-electron chi connectivity index (χ4n) is 2.23. The highest BCUT2D eigenvalue weighted by Gasteiger charge is 2.36. The molecule has 0 spiro atoms. The molecule has 0 aliphatic carbocycles. The second-order valence-corrected chi connectivity index (χ2v) is 7.11. The molecule has 0 amide bonds. The van der Waals surface area contributed by atoms with Gasteiger partial charge in [0.15, 0.2) is 5.25 Å². The Morgan fingerprint density at radius 3 is 2.47 bits per heavy atom. The van der Waals surface area contributed by atoms with Crippen LogP contribution in [0.25, 0.3) is 0 Å². The maximum atomic E-state index is 12.2. The maximum absolute atomic E-state index is 12.2. The number of sulfonamides is 1.